The number of nitrogens with one attached hydrogen (secondary N) is 2. The molecule has 0 saturated carbocycles. The summed E-state index contributed by atoms with van der Waals surface area (Å²) in [6, 6.07) is 12.7. The normalized spacial score (nSPS) is 10.7. The van der Waals surface area contributed by atoms with E-state index in [4.69, 9.17) is 5.26 Å². The molecule has 2 rings (SSSR count). The van der Waals surface area contributed by atoms with Crippen LogP contribution in [0.25, 0.3) is 0 Å². The molecule has 0 aliphatic heterocycles. The molecule has 0 fully saturated rings. The van der Waals surface area contributed by atoms with Gasteiger partial charge in [-0.15, -0.1) is 0 Å². The Kier molecular flexibility index (Phi) is 4.85. The van der Waals surface area contributed by atoms with E-state index >= 15 is 0 Å². The van der Waals surface area contributed by atoms with E-state index < -0.39 is 5.91 Å². The number of nitrogens with zero attached hydrogens (tertiary/aromatic N) is 1. The van der Waals surface area contributed by atoms with Gasteiger partial charge in [-0.05, 0) is 42.8 Å². The highest BCUT2D eigenvalue weighted by atomic mass is 16.3. The quantitative estimate of drug-likeness (QED) is 0.301. The first kappa shape index (κ1) is 15.9. The Labute approximate surface area is 133 Å². The van der Waals surface area contributed by atoms with Gasteiger partial charge < -0.3 is 20.8 Å². The van der Waals surface area contributed by atoms with Gasteiger partial charge in [0.05, 0.1) is 5.69 Å². The van der Waals surface area contributed by atoms with Crippen LogP contribution in [0.5, 0.6) is 11.5 Å². The first-order valence-corrected chi connectivity index (χ1v) is 6.77. The number of rotatable bonds is 4. The average Bonchev–Trinajstić information content (AvgIpc) is 2.52. The van der Waals surface area contributed by atoms with Crippen LogP contribution in [-0.4, -0.2) is 16.1 Å². The molecule has 0 aromatic heterocycles. The van der Waals surface area contributed by atoms with Crippen molar-refractivity contribution in [3.8, 4) is 17.6 Å². The molecule has 0 aliphatic carbocycles. The zero-order valence-corrected chi connectivity index (χ0v) is 12.4. The van der Waals surface area contributed by atoms with E-state index in [1.165, 1.54) is 24.4 Å². The van der Waals surface area contributed by atoms with Crippen molar-refractivity contribution in [2.45, 2.75) is 6.92 Å². The SMILES string of the molecule is Cc1cc(O)ccc1N/C=C(/C#N)C(=O)Nc1ccccc1O. The zero-order chi connectivity index (χ0) is 16.8. The molecule has 0 spiro atoms. The van der Waals surface area contributed by atoms with Crippen LogP contribution < -0.4 is 10.6 Å². The summed E-state index contributed by atoms with van der Waals surface area (Å²) in [5, 5.41) is 33.4. The van der Waals surface area contributed by atoms with E-state index in [0.717, 1.165) is 5.56 Å². The van der Waals surface area contributed by atoms with Crippen LogP contribution in [0.3, 0.4) is 0 Å². The molecule has 6 nitrogen and oxygen atoms in total. The van der Waals surface area contributed by atoms with Crippen LogP contribution in [0.1, 0.15) is 5.56 Å². The predicted octanol–water partition coefficient (Wildman–Crippen LogP) is 2.86. The van der Waals surface area contributed by atoms with Crippen LogP contribution in [0.2, 0.25) is 0 Å². The lowest BCUT2D eigenvalue weighted by atomic mass is 10.2. The number of carbonyl (C=O) groups excluding carboxylic acids is 1. The molecule has 0 bridgehead atoms. The van der Waals surface area contributed by atoms with Crippen molar-refractivity contribution in [1.82, 2.24) is 0 Å². The maximum absolute atomic E-state index is 12.1. The van der Waals surface area contributed by atoms with Crippen molar-refractivity contribution in [2.75, 3.05) is 10.6 Å². The Morgan fingerprint density at radius 3 is 2.57 bits per heavy atom. The number of carbonyl (C=O) groups is 1. The van der Waals surface area contributed by atoms with Crippen molar-refractivity contribution in [1.29, 1.82) is 5.26 Å². The summed E-state index contributed by atoms with van der Waals surface area (Å²) in [7, 11) is 0. The number of aromatic hydroxyl groups is 2. The van der Waals surface area contributed by atoms with Crippen LogP contribution in [0.15, 0.2) is 54.2 Å². The minimum absolute atomic E-state index is 0.0829. The second-order valence-electron chi connectivity index (χ2n) is 4.78. The minimum Gasteiger partial charge on any atom is -0.508 e. The highest BCUT2D eigenvalue weighted by molar-refractivity contribution is 6.07. The number of benzene rings is 2. The second-order valence-corrected chi connectivity index (χ2v) is 4.78. The van der Waals surface area contributed by atoms with Crippen molar-refractivity contribution in [2.24, 2.45) is 0 Å². The number of phenolic OH excluding ortho intramolecular Hbond substituents is 2. The number of phenols is 2. The number of anilines is 2. The molecule has 0 radical (unpaired) electrons. The van der Waals surface area contributed by atoms with E-state index in [1.807, 2.05) is 0 Å². The number of aryl methyl sites for hydroxylation is 1. The molecule has 116 valence electrons. The smallest absolute Gasteiger partial charge is 0.267 e. The molecule has 0 unspecified atom stereocenters. The topological polar surface area (TPSA) is 105 Å². The van der Waals surface area contributed by atoms with Crippen molar-refractivity contribution < 1.29 is 15.0 Å². The molecule has 2 aromatic rings. The van der Waals surface area contributed by atoms with Crippen LogP contribution in [0, 0.1) is 18.3 Å². The minimum atomic E-state index is -0.641. The van der Waals surface area contributed by atoms with Gasteiger partial charge in [-0.25, -0.2) is 0 Å². The summed E-state index contributed by atoms with van der Waals surface area (Å²) in [5.41, 5.74) is 1.49. The van der Waals surface area contributed by atoms with Gasteiger partial charge in [-0.3, -0.25) is 4.79 Å². The Bertz CT molecular complexity index is 807. The number of nitriles is 1. The fraction of sp³-hybridized carbons (Fsp3) is 0.0588. The van der Waals surface area contributed by atoms with Crippen molar-refractivity contribution in [3.05, 3.63) is 59.8 Å². The highest BCUT2D eigenvalue weighted by Crippen LogP contribution is 2.22. The molecular formula is C17H15N3O3. The third kappa shape index (κ3) is 4.02. The summed E-state index contributed by atoms with van der Waals surface area (Å²) in [6.07, 6.45) is 1.27. The van der Waals surface area contributed by atoms with E-state index in [9.17, 15) is 15.0 Å². The molecule has 1 amide bonds. The third-order valence-corrected chi connectivity index (χ3v) is 3.10. The van der Waals surface area contributed by atoms with Gasteiger partial charge in [-0.2, -0.15) is 5.26 Å². The number of hydrogen-bond acceptors (Lipinski definition) is 5. The van der Waals surface area contributed by atoms with Crippen LogP contribution in [-0.2, 0) is 4.79 Å². The summed E-state index contributed by atoms with van der Waals surface area (Å²) < 4.78 is 0. The molecular weight excluding hydrogens is 294 g/mol. The zero-order valence-electron chi connectivity index (χ0n) is 12.4. The Balaban J connectivity index is 2.14. The van der Waals surface area contributed by atoms with Crippen LogP contribution in [0.4, 0.5) is 11.4 Å². The Hall–Kier alpha value is -3.46. The lowest BCUT2D eigenvalue weighted by Gasteiger charge is -2.08. The largest absolute Gasteiger partial charge is 0.508 e. The fourth-order valence-corrected chi connectivity index (χ4v) is 1.88. The van der Waals surface area contributed by atoms with Crippen LogP contribution >= 0.6 is 0 Å². The van der Waals surface area contributed by atoms with E-state index in [-0.39, 0.29) is 22.8 Å². The molecule has 6 heteroatoms. The lowest BCUT2D eigenvalue weighted by Crippen LogP contribution is -2.14. The van der Waals surface area contributed by atoms with Gasteiger partial charge >= 0.3 is 0 Å². The Morgan fingerprint density at radius 2 is 1.91 bits per heavy atom. The lowest BCUT2D eigenvalue weighted by molar-refractivity contribution is -0.112. The molecule has 0 aliphatic rings. The van der Waals surface area contributed by atoms with Gasteiger partial charge in [0, 0.05) is 11.9 Å². The average molecular weight is 309 g/mol. The molecule has 0 saturated heterocycles. The van der Waals surface area contributed by atoms with E-state index in [2.05, 4.69) is 10.6 Å². The van der Waals surface area contributed by atoms with E-state index in [0.29, 0.717) is 5.69 Å². The standard InChI is InChI=1S/C17H15N3O3/c1-11-8-13(21)6-7-14(11)19-10-12(9-18)17(23)20-15-4-2-3-5-16(15)22/h2-8,10,19,21-22H,1H3,(H,20,23)/b12-10-. The first-order valence-electron chi connectivity index (χ1n) is 6.77. The number of amides is 1. The fourth-order valence-electron chi connectivity index (χ4n) is 1.88. The monoisotopic (exact) mass is 309 g/mol. The van der Waals surface area contributed by atoms with Gasteiger partial charge in [-0.1, -0.05) is 12.1 Å². The maximum Gasteiger partial charge on any atom is 0.267 e. The highest BCUT2D eigenvalue weighted by Gasteiger charge is 2.11. The van der Waals surface area contributed by atoms with Crippen molar-refractivity contribution >= 4 is 17.3 Å². The molecule has 23 heavy (non-hydrogen) atoms. The second kappa shape index (κ2) is 7.00. The van der Waals surface area contributed by atoms with Gasteiger partial charge in [0.1, 0.15) is 23.1 Å². The number of hydrogen-bond donors (Lipinski definition) is 4. The summed E-state index contributed by atoms with van der Waals surface area (Å²) in [6.45, 7) is 1.78. The van der Waals surface area contributed by atoms with Gasteiger partial charge in [0.15, 0.2) is 0 Å². The van der Waals surface area contributed by atoms with Gasteiger partial charge in [0.2, 0.25) is 0 Å². The summed E-state index contributed by atoms with van der Waals surface area (Å²) >= 11 is 0. The van der Waals surface area contributed by atoms with Gasteiger partial charge in [0.25, 0.3) is 5.91 Å². The predicted molar refractivity (Wildman–Crippen MR) is 86.9 cm³/mol. The summed E-state index contributed by atoms with van der Waals surface area (Å²) in [5.74, 6) is -0.590. The molecule has 4 N–H and O–H groups in total. The molecule has 0 atom stereocenters. The Morgan fingerprint density at radius 1 is 1.17 bits per heavy atom. The molecule has 2 aromatic carbocycles. The maximum atomic E-state index is 12.1. The first-order chi connectivity index (χ1) is 11.0. The molecule has 0 heterocycles. The third-order valence-electron chi connectivity index (χ3n) is 3.10. The summed E-state index contributed by atoms with van der Waals surface area (Å²) in [4.78, 5) is 12.1. The number of para-hydroxylation sites is 2. The van der Waals surface area contributed by atoms with E-state index in [1.54, 1.807) is 37.3 Å². The van der Waals surface area contributed by atoms with Crippen molar-refractivity contribution in [3.63, 3.8) is 0 Å².